The molecule has 1 aromatic carbocycles. The molecule has 18 heavy (non-hydrogen) atoms. The van der Waals surface area contributed by atoms with Crippen molar-refractivity contribution in [3.8, 4) is 0 Å². The van der Waals surface area contributed by atoms with Gasteiger partial charge >= 0.3 is 16.6 Å². The van der Waals surface area contributed by atoms with Crippen molar-refractivity contribution in [2.24, 2.45) is 0 Å². The largest absolute Gasteiger partial charge is 0.508 e. The van der Waals surface area contributed by atoms with E-state index in [9.17, 15) is 13.2 Å². The van der Waals surface area contributed by atoms with Crippen LogP contribution in [-0.4, -0.2) is 32.3 Å². The highest BCUT2D eigenvalue weighted by molar-refractivity contribution is 7.80. The molecule has 0 saturated heterocycles. The molecule has 0 saturated carbocycles. The summed E-state index contributed by atoms with van der Waals surface area (Å²) in [6.07, 6.45) is -0.946. The maximum atomic E-state index is 11.0. The summed E-state index contributed by atoms with van der Waals surface area (Å²) in [5.41, 5.74) is 0.795. The zero-order valence-corrected chi connectivity index (χ0v) is 10.1. The molecule has 8 heteroatoms. The molecular weight excluding hydrogens is 264 g/mol. The molecule has 0 radical (unpaired) electrons. The van der Waals surface area contributed by atoms with E-state index in [0.29, 0.717) is 0 Å². The molecule has 0 aromatic heterocycles. The van der Waals surface area contributed by atoms with Crippen molar-refractivity contribution in [2.75, 3.05) is 13.2 Å². The number of ether oxygens (including phenoxy) is 2. The predicted octanol–water partition coefficient (Wildman–Crippen LogP) is 1.16. The van der Waals surface area contributed by atoms with Crippen molar-refractivity contribution in [1.82, 2.24) is 0 Å². The molecule has 0 aliphatic heterocycles. The summed E-state index contributed by atoms with van der Waals surface area (Å²) in [4.78, 5) is 11.0. The van der Waals surface area contributed by atoms with Gasteiger partial charge in [0.05, 0.1) is 0 Å². The molecule has 1 rings (SSSR count). The van der Waals surface area contributed by atoms with Crippen molar-refractivity contribution in [3.05, 3.63) is 35.9 Å². The molecule has 0 bridgehead atoms. The predicted molar refractivity (Wildman–Crippen MR) is 60.1 cm³/mol. The second-order valence-electron chi connectivity index (χ2n) is 3.12. The van der Waals surface area contributed by atoms with Gasteiger partial charge in [0, 0.05) is 0 Å². The van der Waals surface area contributed by atoms with E-state index in [1.165, 1.54) is 0 Å². The molecule has 0 heterocycles. The van der Waals surface area contributed by atoms with Gasteiger partial charge in [-0.15, -0.1) is 0 Å². The summed E-state index contributed by atoms with van der Waals surface area (Å²) in [7, 11) is -4.51. The Kier molecular flexibility index (Phi) is 5.56. The molecule has 0 fully saturated rings. The van der Waals surface area contributed by atoms with Crippen LogP contribution in [0.5, 0.6) is 0 Å². The normalized spacial score (nSPS) is 10.9. The fourth-order valence-corrected chi connectivity index (χ4v) is 1.30. The Morgan fingerprint density at radius 2 is 1.78 bits per heavy atom. The van der Waals surface area contributed by atoms with Crippen LogP contribution in [0.4, 0.5) is 4.79 Å². The van der Waals surface area contributed by atoms with Crippen LogP contribution in [-0.2, 0) is 30.7 Å². The van der Waals surface area contributed by atoms with Gasteiger partial charge in [0.2, 0.25) is 0 Å². The van der Waals surface area contributed by atoms with E-state index < -0.39 is 23.2 Å². The van der Waals surface area contributed by atoms with Crippen molar-refractivity contribution >= 4 is 16.6 Å². The monoisotopic (exact) mass is 276 g/mol. The summed E-state index contributed by atoms with van der Waals surface area (Å²) >= 11 is 0. The summed E-state index contributed by atoms with van der Waals surface area (Å²) in [5, 5.41) is 0. The lowest BCUT2D eigenvalue weighted by molar-refractivity contribution is 0.0406. The third kappa shape index (κ3) is 6.84. The quantitative estimate of drug-likeness (QED) is 0.472. The van der Waals surface area contributed by atoms with Gasteiger partial charge in [-0.3, -0.25) is 4.55 Å². The smallest absolute Gasteiger partial charge is 0.432 e. The number of rotatable bonds is 6. The molecule has 0 aliphatic carbocycles. The lowest BCUT2D eigenvalue weighted by Crippen LogP contribution is -2.14. The van der Waals surface area contributed by atoms with E-state index in [1.54, 1.807) is 24.3 Å². The highest BCUT2D eigenvalue weighted by Crippen LogP contribution is 2.01. The van der Waals surface area contributed by atoms with Gasteiger partial charge in [0.1, 0.15) is 19.8 Å². The maximum absolute atomic E-state index is 11.0. The Morgan fingerprint density at radius 3 is 2.39 bits per heavy atom. The van der Waals surface area contributed by atoms with Gasteiger partial charge in [0.25, 0.3) is 0 Å². The van der Waals surface area contributed by atoms with E-state index in [4.69, 9.17) is 9.29 Å². The fraction of sp³-hybridized carbons (Fsp3) is 0.300. The average molecular weight is 276 g/mol. The second-order valence-corrected chi connectivity index (χ2v) is 4.21. The van der Waals surface area contributed by atoms with Crippen LogP contribution in [0.2, 0.25) is 0 Å². The lowest BCUT2D eigenvalue weighted by Gasteiger charge is -2.05. The van der Waals surface area contributed by atoms with E-state index >= 15 is 0 Å². The van der Waals surface area contributed by atoms with Crippen LogP contribution >= 0.6 is 0 Å². The van der Waals surface area contributed by atoms with Crippen LogP contribution in [0.3, 0.4) is 0 Å². The topological polar surface area (TPSA) is 99.1 Å². The molecule has 0 spiro atoms. The number of benzene rings is 1. The number of hydrogen-bond donors (Lipinski definition) is 1. The highest BCUT2D eigenvalue weighted by Gasteiger charge is 2.07. The molecule has 100 valence electrons. The molecule has 1 aromatic rings. The van der Waals surface area contributed by atoms with Crippen molar-refractivity contribution in [3.63, 3.8) is 0 Å². The molecule has 7 nitrogen and oxygen atoms in total. The lowest BCUT2D eigenvalue weighted by atomic mass is 10.2. The molecule has 0 atom stereocenters. The highest BCUT2D eigenvalue weighted by atomic mass is 32.3. The third-order valence-electron chi connectivity index (χ3n) is 1.74. The standard InChI is InChI=1S/C10H12O7S/c11-10(15-6-7-17-18(12,13)14)16-8-9-4-2-1-3-5-9/h1-5H,6-8H2,(H,12,13,14). The zero-order valence-electron chi connectivity index (χ0n) is 9.31. The molecule has 0 amide bonds. The SMILES string of the molecule is O=C(OCCOS(=O)(=O)O)OCc1ccccc1. The molecule has 0 unspecified atom stereocenters. The van der Waals surface area contributed by atoms with Crippen molar-refractivity contribution in [2.45, 2.75) is 6.61 Å². The van der Waals surface area contributed by atoms with Crippen molar-refractivity contribution < 1.29 is 31.4 Å². The minimum absolute atomic E-state index is 0.0544. The molecular formula is C10H12O7S. The van der Waals surface area contributed by atoms with E-state index in [1.807, 2.05) is 6.07 Å². The summed E-state index contributed by atoms with van der Waals surface area (Å²) in [6.45, 7) is -0.758. The van der Waals surface area contributed by atoms with E-state index in [2.05, 4.69) is 8.92 Å². The third-order valence-corrected chi connectivity index (χ3v) is 2.20. The van der Waals surface area contributed by atoms with Crippen LogP contribution in [0.1, 0.15) is 5.56 Å². The number of hydrogen-bond acceptors (Lipinski definition) is 6. The van der Waals surface area contributed by atoms with E-state index in [-0.39, 0.29) is 13.2 Å². The zero-order chi connectivity index (χ0) is 13.4. The number of carbonyl (C=O) groups is 1. The first-order chi connectivity index (χ1) is 8.47. The Morgan fingerprint density at radius 1 is 1.11 bits per heavy atom. The fourth-order valence-electron chi connectivity index (χ4n) is 1.02. The molecule has 0 aliphatic rings. The first-order valence-corrected chi connectivity index (χ1v) is 6.29. The first kappa shape index (κ1) is 14.4. The van der Waals surface area contributed by atoms with Gasteiger partial charge in [-0.25, -0.2) is 8.98 Å². The Hall–Kier alpha value is -1.64. The van der Waals surface area contributed by atoms with Crippen molar-refractivity contribution in [1.29, 1.82) is 0 Å². The van der Waals surface area contributed by atoms with E-state index in [0.717, 1.165) is 5.56 Å². The van der Waals surface area contributed by atoms with Gasteiger partial charge < -0.3 is 9.47 Å². The summed E-state index contributed by atoms with van der Waals surface area (Å²) in [6, 6.07) is 8.96. The summed E-state index contributed by atoms with van der Waals surface area (Å²) in [5.74, 6) is 0. The Balaban J connectivity index is 2.15. The van der Waals surface area contributed by atoms with Crippen LogP contribution in [0.25, 0.3) is 0 Å². The summed E-state index contributed by atoms with van der Waals surface area (Å²) < 4.78 is 41.7. The number of carbonyl (C=O) groups excluding carboxylic acids is 1. The van der Waals surface area contributed by atoms with Crippen LogP contribution in [0, 0.1) is 0 Å². The van der Waals surface area contributed by atoms with Gasteiger partial charge in [0.15, 0.2) is 0 Å². The second kappa shape index (κ2) is 6.94. The van der Waals surface area contributed by atoms with Crippen LogP contribution < -0.4 is 0 Å². The van der Waals surface area contributed by atoms with Gasteiger partial charge in [-0.1, -0.05) is 30.3 Å². The first-order valence-electron chi connectivity index (χ1n) is 4.93. The maximum Gasteiger partial charge on any atom is 0.508 e. The molecule has 1 N–H and O–H groups in total. The van der Waals surface area contributed by atoms with Gasteiger partial charge in [-0.05, 0) is 5.56 Å². The Labute approximate surface area is 104 Å². The van der Waals surface area contributed by atoms with Gasteiger partial charge in [-0.2, -0.15) is 8.42 Å². The Bertz CT molecular complexity index is 468. The van der Waals surface area contributed by atoms with Crippen LogP contribution in [0.15, 0.2) is 30.3 Å². The minimum atomic E-state index is -4.51. The average Bonchev–Trinajstić information content (AvgIpc) is 2.32. The minimum Gasteiger partial charge on any atom is -0.432 e.